The van der Waals surface area contributed by atoms with Gasteiger partial charge in [-0.3, -0.25) is 9.80 Å². The highest BCUT2D eigenvalue weighted by Crippen LogP contribution is 2.26. The first-order valence-corrected chi connectivity index (χ1v) is 7.73. The van der Waals surface area contributed by atoms with Crippen molar-refractivity contribution in [3.63, 3.8) is 0 Å². The quantitative estimate of drug-likeness (QED) is 0.848. The van der Waals surface area contributed by atoms with Gasteiger partial charge in [-0.1, -0.05) is 29.8 Å². The van der Waals surface area contributed by atoms with Crippen LogP contribution in [0.15, 0.2) is 29.8 Å². The van der Waals surface area contributed by atoms with Crippen LogP contribution in [0.25, 0.3) is 0 Å². The van der Waals surface area contributed by atoms with E-state index in [0.29, 0.717) is 0 Å². The van der Waals surface area contributed by atoms with Gasteiger partial charge in [0.1, 0.15) is 5.75 Å². The van der Waals surface area contributed by atoms with Gasteiger partial charge in [-0.2, -0.15) is 0 Å². The molecule has 2 aliphatic rings. The third-order valence-electron chi connectivity index (χ3n) is 4.08. The Kier molecular flexibility index (Phi) is 4.61. The summed E-state index contributed by atoms with van der Waals surface area (Å²) in [4.78, 5) is 4.96. The Balaban J connectivity index is 1.52. The van der Waals surface area contributed by atoms with Crippen molar-refractivity contribution in [1.82, 2.24) is 9.80 Å². The molecular weight excluding hydrogens is 272 g/mol. The topological polar surface area (TPSA) is 15.7 Å². The Labute approximate surface area is 125 Å². The van der Waals surface area contributed by atoms with E-state index < -0.39 is 0 Å². The Hall–Kier alpha value is -1.03. The summed E-state index contributed by atoms with van der Waals surface area (Å²) in [5, 5.41) is 0. The fourth-order valence-electron chi connectivity index (χ4n) is 2.92. The van der Waals surface area contributed by atoms with Gasteiger partial charge in [0.2, 0.25) is 0 Å². The number of piperazine rings is 1. The van der Waals surface area contributed by atoms with Gasteiger partial charge in [0, 0.05) is 51.2 Å². The number of hydrogen-bond donors (Lipinski definition) is 0. The van der Waals surface area contributed by atoms with Gasteiger partial charge in [0.15, 0.2) is 0 Å². The smallest absolute Gasteiger partial charge is 0.122 e. The number of rotatable bonds is 4. The molecule has 4 heteroatoms. The molecule has 3 rings (SSSR count). The van der Waals surface area contributed by atoms with Crippen molar-refractivity contribution < 1.29 is 4.74 Å². The standard InChI is InChI=1S/C16H21ClN2O/c17-5-1-6-18-7-9-19(10-8-18)13-14-2-3-16-15(12-14)4-11-20-16/h1-3,5,12H,4,6-11,13H2/b5-1+. The van der Waals surface area contributed by atoms with Crippen LogP contribution in [0.1, 0.15) is 11.1 Å². The van der Waals surface area contributed by atoms with Crippen molar-refractivity contribution >= 4 is 11.6 Å². The van der Waals surface area contributed by atoms with Crippen molar-refractivity contribution in [3.8, 4) is 5.75 Å². The lowest BCUT2D eigenvalue weighted by molar-refractivity contribution is 0.137. The molecular formula is C16H21ClN2O. The number of nitrogens with zero attached hydrogens (tertiary/aromatic N) is 2. The predicted octanol–water partition coefficient (Wildman–Crippen LogP) is 2.49. The number of halogens is 1. The second-order valence-corrected chi connectivity index (χ2v) is 5.73. The lowest BCUT2D eigenvalue weighted by Gasteiger charge is -2.34. The van der Waals surface area contributed by atoms with Crippen molar-refractivity contribution in [2.45, 2.75) is 13.0 Å². The average molecular weight is 293 g/mol. The molecule has 1 aromatic carbocycles. The van der Waals surface area contributed by atoms with E-state index in [-0.39, 0.29) is 0 Å². The Morgan fingerprint density at radius 1 is 1.15 bits per heavy atom. The Morgan fingerprint density at radius 2 is 1.95 bits per heavy atom. The SMILES string of the molecule is Cl/C=C/CN1CCN(Cc2ccc3c(c2)CCO3)CC1. The Bertz CT molecular complexity index is 481. The molecule has 1 saturated heterocycles. The van der Waals surface area contributed by atoms with Crippen molar-refractivity contribution in [2.24, 2.45) is 0 Å². The molecule has 0 unspecified atom stereocenters. The number of benzene rings is 1. The highest BCUT2D eigenvalue weighted by atomic mass is 35.5. The molecule has 0 aliphatic carbocycles. The van der Waals surface area contributed by atoms with Gasteiger partial charge in [-0.25, -0.2) is 0 Å². The molecule has 1 aromatic rings. The highest BCUT2D eigenvalue weighted by molar-refractivity contribution is 6.25. The fourth-order valence-corrected chi connectivity index (χ4v) is 3.00. The van der Waals surface area contributed by atoms with Crippen LogP contribution in [-0.4, -0.2) is 49.1 Å². The zero-order valence-corrected chi connectivity index (χ0v) is 12.5. The summed E-state index contributed by atoms with van der Waals surface area (Å²) in [5.41, 5.74) is 4.38. The molecule has 0 amide bonds. The van der Waals surface area contributed by atoms with E-state index in [0.717, 1.165) is 58.0 Å². The van der Waals surface area contributed by atoms with E-state index in [4.69, 9.17) is 16.3 Å². The molecule has 2 heterocycles. The van der Waals surface area contributed by atoms with Crippen molar-refractivity contribution in [2.75, 3.05) is 39.3 Å². The third kappa shape index (κ3) is 3.35. The second-order valence-electron chi connectivity index (χ2n) is 5.48. The third-order valence-corrected chi connectivity index (χ3v) is 4.26. The maximum absolute atomic E-state index is 5.58. The molecule has 0 bridgehead atoms. The van der Waals surface area contributed by atoms with E-state index in [2.05, 4.69) is 28.0 Å². The molecule has 0 radical (unpaired) electrons. The van der Waals surface area contributed by atoms with Gasteiger partial charge >= 0.3 is 0 Å². The van der Waals surface area contributed by atoms with Crippen molar-refractivity contribution in [3.05, 3.63) is 40.9 Å². The van der Waals surface area contributed by atoms with Gasteiger partial charge in [-0.05, 0) is 17.2 Å². The van der Waals surface area contributed by atoms with Gasteiger partial charge < -0.3 is 4.74 Å². The largest absolute Gasteiger partial charge is 0.493 e. The summed E-state index contributed by atoms with van der Waals surface area (Å²) in [6.07, 6.45) is 3.07. The first kappa shape index (κ1) is 13.9. The summed E-state index contributed by atoms with van der Waals surface area (Å²) in [5.74, 6) is 1.08. The van der Waals surface area contributed by atoms with Crippen LogP contribution in [0.4, 0.5) is 0 Å². The minimum atomic E-state index is 0.839. The van der Waals surface area contributed by atoms with Crippen molar-refractivity contribution in [1.29, 1.82) is 0 Å². The first-order valence-electron chi connectivity index (χ1n) is 7.30. The molecule has 0 aromatic heterocycles. The summed E-state index contributed by atoms with van der Waals surface area (Å²) in [7, 11) is 0. The minimum absolute atomic E-state index is 0.839. The van der Waals surface area contributed by atoms with E-state index >= 15 is 0 Å². The van der Waals surface area contributed by atoms with Crippen LogP contribution in [-0.2, 0) is 13.0 Å². The normalized spacial score (nSPS) is 20.2. The molecule has 1 fully saturated rings. The zero-order valence-electron chi connectivity index (χ0n) is 11.7. The summed E-state index contributed by atoms with van der Waals surface area (Å²) in [6.45, 7) is 7.35. The highest BCUT2D eigenvalue weighted by Gasteiger charge is 2.17. The molecule has 2 aliphatic heterocycles. The zero-order chi connectivity index (χ0) is 13.8. The molecule has 20 heavy (non-hydrogen) atoms. The van der Waals surface area contributed by atoms with Crippen LogP contribution in [0.3, 0.4) is 0 Å². The fraction of sp³-hybridized carbons (Fsp3) is 0.500. The minimum Gasteiger partial charge on any atom is -0.493 e. The second kappa shape index (κ2) is 6.61. The molecule has 3 nitrogen and oxygen atoms in total. The summed E-state index contributed by atoms with van der Waals surface area (Å²) in [6, 6.07) is 6.64. The number of hydrogen-bond acceptors (Lipinski definition) is 3. The molecule has 0 spiro atoms. The average Bonchev–Trinajstić information content (AvgIpc) is 2.94. The maximum atomic E-state index is 5.58. The van der Waals surface area contributed by atoms with E-state index in [1.54, 1.807) is 5.54 Å². The van der Waals surface area contributed by atoms with E-state index in [9.17, 15) is 0 Å². The lowest BCUT2D eigenvalue weighted by atomic mass is 10.1. The van der Waals surface area contributed by atoms with Crippen LogP contribution in [0.5, 0.6) is 5.75 Å². The number of ether oxygens (including phenoxy) is 1. The summed E-state index contributed by atoms with van der Waals surface area (Å²) >= 11 is 5.58. The molecule has 0 atom stereocenters. The van der Waals surface area contributed by atoms with E-state index in [1.165, 1.54) is 11.1 Å². The number of fused-ring (bicyclic) bond motifs is 1. The van der Waals surface area contributed by atoms with Gasteiger partial charge in [0.25, 0.3) is 0 Å². The predicted molar refractivity (Wildman–Crippen MR) is 82.4 cm³/mol. The molecule has 108 valence electrons. The summed E-state index contributed by atoms with van der Waals surface area (Å²) < 4.78 is 5.56. The van der Waals surface area contributed by atoms with Crippen LogP contribution >= 0.6 is 11.6 Å². The Morgan fingerprint density at radius 3 is 2.75 bits per heavy atom. The van der Waals surface area contributed by atoms with Gasteiger partial charge in [0.05, 0.1) is 6.61 Å². The maximum Gasteiger partial charge on any atom is 0.122 e. The van der Waals surface area contributed by atoms with Crippen LogP contribution < -0.4 is 4.74 Å². The van der Waals surface area contributed by atoms with Crippen LogP contribution in [0, 0.1) is 0 Å². The molecule has 0 N–H and O–H groups in total. The lowest BCUT2D eigenvalue weighted by Crippen LogP contribution is -2.45. The monoisotopic (exact) mass is 292 g/mol. The van der Waals surface area contributed by atoms with E-state index in [1.807, 2.05) is 6.08 Å². The molecule has 0 saturated carbocycles. The first-order chi connectivity index (χ1) is 9.85. The van der Waals surface area contributed by atoms with Crippen LogP contribution in [0.2, 0.25) is 0 Å². The van der Waals surface area contributed by atoms with Gasteiger partial charge in [-0.15, -0.1) is 0 Å².